The second-order valence-electron chi connectivity index (χ2n) is 9.01. The first-order chi connectivity index (χ1) is 20.2. The Kier molecular flexibility index (Phi) is 10.1. The number of carbonyl (C=O) groups is 4. The fourth-order valence-electron chi connectivity index (χ4n) is 3.87. The van der Waals surface area contributed by atoms with Crippen LogP contribution in [0.5, 0.6) is 17.2 Å². The van der Waals surface area contributed by atoms with Crippen LogP contribution in [0.15, 0.2) is 65.6 Å². The van der Waals surface area contributed by atoms with Crippen LogP contribution in [0.2, 0.25) is 5.02 Å². The van der Waals surface area contributed by atoms with Crippen LogP contribution in [0, 0.1) is 6.92 Å². The Balaban J connectivity index is 1.39. The van der Waals surface area contributed by atoms with Gasteiger partial charge in [-0.15, -0.1) is 0 Å². The van der Waals surface area contributed by atoms with Crippen LogP contribution >= 0.6 is 23.4 Å². The summed E-state index contributed by atoms with van der Waals surface area (Å²) in [7, 11) is 1.41. The van der Waals surface area contributed by atoms with Crippen LogP contribution in [-0.2, 0) is 14.4 Å². The number of aryl methyl sites for hydroxylation is 1. The van der Waals surface area contributed by atoms with E-state index in [2.05, 4.69) is 10.6 Å². The van der Waals surface area contributed by atoms with Gasteiger partial charge in [0.25, 0.3) is 17.1 Å². The molecule has 1 saturated heterocycles. The molecule has 10 nitrogen and oxygen atoms in total. The van der Waals surface area contributed by atoms with E-state index in [4.69, 9.17) is 25.8 Å². The van der Waals surface area contributed by atoms with E-state index in [1.807, 2.05) is 26.0 Å². The van der Waals surface area contributed by atoms with Crippen LogP contribution in [0.1, 0.15) is 18.1 Å². The van der Waals surface area contributed by atoms with E-state index in [1.54, 1.807) is 42.5 Å². The molecule has 42 heavy (non-hydrogen) atoms. The lowest BCUT2D eigenvalue weighted by Gasteiger charge is -2.14. The number of ether oxygens (including phenoxy) is 3. The lowest BCUT2D eigenvalue weighted by Crippen LogP contribution is -2.36. The largest absolute Gasteiger partial charge is 0.494 e. The van der Waals surface area contributed by atoms with Gasteiger partial charge in [-0.1, -0.05) is 29.3 Å². The van der Waals surface area contributed by atoms with E-state index in [-0.39, 0.29) is 33.9 Å². The highest BCUT2D eigenvalue weighted by Crippen LogP contribution is 2.39. The number of halogens is 1. The number of thioether (sulfide) groups is 1. The third-order valence-electron chi connectivity index (χ3n) is 5.86. The average molecular weight is 610 g/mol. The summed E-state index contributed by atoms with van der Waals surface area (Å²) in [5.74, 6) is -0.497. The fourth-order valence-corrected chi connectivity index (χ4v) is 4.98. The summed E-state index contributed by atoms with van der Waals surface area (Å²) in [6.07, 6.45) is 1.47. The van der Waals surface area contributed by atoms with Gasteiger partial charge in [0.05, 0.1) is 23.6 Å². The van der Waals surface area contributed by atoms with Gasteiger partial charge < -0.3 is 24.8 Å². The van der Waals surface area contributed by atoms with Gasteiger partial charge >= 0.3 is 0 Å². The Morgan fingerprint density at radius 2 is 1.60 bits per heavy atom. The summed E-state index contributed by atoms with van der Waals surface area (Å²) < 4.78 is 16.4. The predicted octanol–water partition coefficient (Wildman–Crippen LogP) is 5.75. The molecule has 1 heterocycles. The molecule has 0 atom stereocenters. The zero-order chi connectivity index (χ0) is 30.2. The molecule has 0 radical (unpaired) electrons. The second-order valence-corrected chi connectivity index (χ2v) is 10.4. The highest BCUT2D eigenvalue weighted by atomic mass is 35.5. The number of imide groups is 1. The van der Waals surface area contributed by atoms with Crippen LogP contribution in [-0.4, -0.2) is 54.7 Å². The third-order valence-corrected chi connectivity index (χ3v) is 7.04. The first-order valence-corrected chi connectivity index (χ1v) is 14.0. The van der Waals surface area contributed by atoms with Gasteiger partial charge in [-0.2, -0.15) is 0 Å². The van der Waals surface area contributed by atoms with Gasteiger partial charge in [0, 0.05) is 11.4 Å². The molecule has 3 aromatic rings. The fraction of sp³-hybridized carbons (Fsp3) is 0.200. The van der Waals surface area contributed by atoms with Crippen molar-refractivity contribution < 1.29 is 33.4 Å². The van der Waals surface area contributed by atoms with Crippen molar-refractivity contribution in [3.63, 3.8) is 0 Å². The number of methoxy groups -OCH3 is 1. The molecule has 0 spiro atoms. The molecule has 1 fully saturated rings. The molecule has 4 rings (SSSR count). The van der Waals surface area contributed by atoms with Crippen LogP contribution in [0.3, 0.4) is 0 Å². The van der Waals surface area contributed by atoms with Crippen molar-refractivity contribution in [2.24, 2.45) is 0 Å². The van der Waals surface area contributed by atoms with Crippen molar-refractivity contribution >= 4 is 63.8 Å². The van der Waals surface area contributed by atoms with Crippen molar-refractivity contribution in [3.05, 3.63) is 81.7 Å². The summed E-state index contributed by atoms with van der Waals surface area (Å²) in [5.41, 5.74) is 2.65. The molecule has 4 amide bonds. The Bertz CT molecular complexity index is 1530. The smallest absolute Gasteiger partial charge is 0.294 e. The molecule has 0 aromatic heterocycles. The lowest BCUT2D eigenvalue weighted by atomic mass is 10.1. The van der Waals surface area contributed by atoms with Gasteiger partial charge in [-0.25, -0.2) is 0 Å². The SMILES string of the molecule is CCOc1ccc(NC(=O)CN2C(=O)S/C(=C/c3cc(Cl)c(OCC(=O)Nc4ccc(C)cc4)c(OC)c3)C2=O)cc1. The van der Waals surface area contributed by atoms with Crippen molar-refractivity contribution in [1.82, 2.24) is 4.90 Å². The maximum absolute atomic E-state index is 13.0. The van der Waals surface area contributed by atoms with E-state index >= 15 is 0 Å². The lowest BCUT2D eigenvalue weighted by molar-refractivity contribution is -0.127. The number of benzene rings is 3. The number of nitrogens with zero attached hydrogens (tertiary/aromatic N) is 1. The Hall–Kier alpha value is -4.48. The summed E-state index contributed by atoms with van der Waals surface area (Å²) in [5, 5.41) is 4.96. The highest BCUT2D eigenvalue weighted by molar-refractivity contribution is 8.18. The maximum atomic E-state index is 13.0. The third kappa shape index (κ3) is 7.83. The monoisotopic (exact) mass is 609 g/mol. The number of amides is 4. The van der Waals surface area contributed by atoms with Crippen molar-refractivity contribution in [3.8, 4) is 17.2 Å². The predicted molar refractivity (Wildman–Crippen MR) is 162 cm³/mol. The molecule has 0 saturated carbocycles. The Morgan fingerprint density at radius 3 is 2.24 bits per heavy atom. The van der Waals surface area contributed by atoms with Crippen molar-refractivity contribution in [1.29, 1.82) is 0 Å². The number of hydrogen-bond donors (Lipinski definition) is 2. The molecular formula is C30H28ClN3O7S. The minimum atomic E-state index is -0.616. The van der Waals surface area contributed by atoms with Crippen LogP contribution < -0.4 is 24.8 Å². The summed E-state index contributed by atoms with van der Waals surface area (Å²) >= 11 is 7.14. The van der Waals surface area contributed by atoms with E-state index in [0.717, 1.165) is 10.5 Å². The molecule has 218 valence electrons. The quantitative estimate of drug-likeness (QED) is 0.264. The highest BCUT2D eigenvalue weighted by Gasteiger charge is 2.36. The standard InChI is InChI=1S/C30H28ClN3O7S/c1-4-40-22-11-9-21(10-12-22)32-26(35)16-34-29(37)25(42-30(34)38)15-19-13-23(31)28(24(14-19)39-3)41-17-27(36)33-20-7-5-18(2)6-8-20/h5-15H,4,16-17H2,1-3H3,(H,32,35)(H,33,36)/b25-15+. The molecule has 1 aliphatic heterocycles. The number of rotatable bonds is 11. The summed E-state index contributed by atoms with van der Waals surface area (Å²) in [6, 6.07) is 17.1. The topological polar surface area (TPSA) is 123 Å². The molecule has 0 unspecified atom stereocenters. The summed E-state index contributed by atoms with van der Waals surface area (Å²) in [4.78, 5) is 51.4. The molecule has 0 bridgehead atoms. The number of nitrogens with one attached hydrogen (secondary N) is 2. The van der Waals surface area contributed by atoms with E-state index in [1.165, 1.54) is 19.3 Å². The van der Waals surface area contributed by atoms with Gasteiger partial charge in [-0.3, -0.25) is 24.1 Å². The first kappa shape index (κ1) is 30.5. The Morgan fingerprint density at radius 1 is 0.952 bits per heavy atom. The minimum absolute atomic E-state index is 0.109. The number of hydrogen-bond acceptors (Lipinski definition) is 8. The number of anilines is 2. The van der Waals surface area contributed by atoms with E-state index < -0.39 is 23.6 Å². The van der Waals surface area contributed by atoms with Gasteiger partial charge in [0.2, 0.25) is 5.91 Å². The van der Waals surface area contributed by atoms with Crippen molar-refractivity contribution in [2.75, 3.05) is 37.5 Å². The average Bonchev–Trinajstić information content (AvgIpc) is 3.21. The molecule has 3 aromatic carbocycles. The normalized spacial score (nSPS) is 13.7. The van der Waals surface area contributed by atoms with Crippen LogP contribution in [0.4, 0.5) is 16.2 Å². The Labute approximate surface area is 252 Å². The van der Waals surface area contributed by atoms with E-state index in [9.17, 15) is 19.2 Å². The zero-order valence-corrected chi connectivity index (χ0v) is 24.6. The first-order valence-electron chi connectivity index (χ1n) is 12.8. The summed E-state index contributed by atoms with van der Waals surface area (Å²) in [6.45, 7) is 3.56. The van der Waals surface area contributed by atoms with Gasteiger partial charge in [0.15, 0.2) is 18.1 Å². The second kappa shape index (κ2) is 13.9. The minimum Gasteiger partial charge on any atom is -0.494 e. The molecule has 1 aliphatic rings. The maximum Gasteiger partial charge on any atom is 0.294 e. The van der Waals surface area contributed by atoms with Gasteiger partial charge in [-0.05, 0) is 85.8 Å². The molecule has 2 N–H and O–H groups in total. The molecule has 12 heteroatoms. The molecule has 0 aliphatic carbocycles. The zero-order valence-electron chi connectivity index (χ0n) is 23.1. The number of carbonyl (C=O) groups excluding carboxylic acids is 4. The molecular weight excluding hydrogens is 582 g/mol. The van der Waals surface area contributed by atoms with Crippen molar-refractivity contribution in [2.45, 2.75) is 13.8 Å². The van der Waals surface area contributed by atoms with Gasteiger partial charge in [0.1, 0.15) is 12.3 Å². The van der Waals surface area contributed by atoms with E-state index in [0.29, 0.717) is 41.1 Å². The van der Waals surface area contributed by atoms with Crippen LogP contribution in [0.25, 0.3) is 6.08 Å².